The van der Waals surface area contributed by atoms with E-state index in [-0.39, 0.29) is 16.7 Å². The molecule has 0 saturated carbocycles. The summed E-state index contributed by atoms with van der Waals surface area (Å²) in [6, 6.07) is 9.10. The van der Waals surface area contributed by atoms with E-state index in [9.17, 15) is 29.7 Å². The number of nitrogens with one attached hydrogen (secondary N) is 1. The molecule has 0 aliphatic heterocycles. The molecular weight excluding hydrogens is 398 g/mol. The molecule has 5 N–H and O–H groups in total. The number of rotatable bonds is 5. The molecule has 0 saturated heterocycles. The monoisotopic (exact) mass is 415 g/mol. The summed E-state index contributed by atoms with van der Waals surface area (Å²) in [5.74, 6) is -3.70. The smallest absolute Gasteiger partial charge is 0.413 e. The molecule has 0 aliphatic rings. The second-order valence-corrected chi connectivity index (χ2v) is 6.38. The zero-order valence-corrected chi connectivity index (χ0v) is 15.5. The van der Waals surface area contributed by atoms with Gasteiger partial charge in [0.25, 0.3) is 0 Å². The minimum atomic E-state index is -1.67. The molecule has 10 heteroatoms. The number of ether oxygens (including phenoxy) is 1. The van der Waals surface area contributed by atoms with E-state index in [1.54, 1.807) is 30.3 Å². The van der Waals surface area contributed by atoms with Crippen LogP contribution < -0.4 is 15.5 Å². The fourth-order valence-electron chi connectivity index (χ4n) is 2.74. The molecule has 2 aromatic carbocycles. The van der Waals surface area contributed by atoms with Crippen molar-refractivity contribution in [2.45, 2.75) is 19.1 Å². The Balaban J connectivity index is 2.01. The van der Waals surface area contributed by atoms with Crippen molar-refractivity contribution in [3.63, 3.8) is 0 Å². The average Bonchev–Trinajstić information content (AvgIpc) is 2.69. The van der Waals surface area contributed by atoms with Gasteiger partial charge >= 0.3 is 12.1 Å². The van der Waals surface area contributed by atoms with Gasteiger partial charge in [0.1, 0.15) is 16.7 Å². The number of aromatic hydroxyl groups is 2. The van der Waals surface area contributed by atoms with E-state index in [0.29, 0.717) is 5.56 Å². The van der Waals surface area contributed by atoms with E-state index >= 15 is 0 Å². The molecule has 156 valence electrons. The molecule has 1 amide bonds. The maximum absolute atomic E-state index is 12.4. The Kier molecular flexibility index (Phi) is 5.61. The van der Waals surface area contributed by atoms with Crippen LogP contribution in [-0.2, 0) is 4.79 Å². The summed E-state index contributed by atoms with van der Waals surface area (Å²) in [5, 5.41) is 40.3. The third kappa shape index (κ3) is 4.03. The Hall–Kier alpha value is -4.05. The second-order valence-electron chi connectivity index (χ2n) is 6.38. The number of aliphatic carboxylic acids is 1. The number of benzene rings is 2. The van der Waals surface area contributed by atoms with Gasteiger partial charge in [-0.05, 0) is 6.92 Å². The van der Waals surface area contributed by atoms with E-state index in [1.807, 2.05) is 5.32 Å². The molecule has 3 aromatic rings. The summed E-state index contributed by atoms with van der Waals surface area (Å²) < 4.78 is 10.5. The van der Waals surface area contributed by atoms with Gasteiger partial charge in [-0.25, -0.2) is 9.59 Å². The van der Waals surface area contributed by atoms with Gasteiger partial charge in [-0.1, -0.05) is 30.3 Å². The molecule has 1 aromatic heterocycles. The number of carbonyl (C=O) groups is 2. The van der Waals surface area contributed by atoms with Crippen molar-refractivity contribution in [3.8, 4) is 28.6 Å². The highest BCUT2D eigenvalue weighted by Gasteiger charge is 2.27. The minimum Gasteiger partial charge on any atom is -0.504 e. The molecule has 0 spiro atoms. The number of amides is 1. The van der Waals surface area contributed by atoms with Crippen LogP contribution in [0.2, 0.25) is 0 Å². The first kappa shape index (κ1) is 20.7. The van der Waals surface area contributed by atoms with Crippen LogP contribution in [0, 0.1) is 0 Å². The SMILES string of the molecule is C[C@@H](O)[C@H](NC(=O)Oc1cc2oc(-c3ccccc3)cc(=O)c2c(O)c1O)C(=O)O. The van der Waals surface area contributed by atoms with Gasteiger partial charge < -0.3 is 34.9 Å². The van der Waals surface area contributed by atoms with Crippen LogP contribution in [0.3, 0.4) is 0 Å². The maximum Gasteiger partial charge on any atom is 0.413 e. The third-order valence-corrected chi connectivity index (χ3v) is 4.21. The van der Waals surface area contributed by atoms with Crippen molar-refractivity contribution in [1.29, 1.82) is 0 Å². The van der Waals surface area contributed by atoms with Crippen LogP contribution in [0.4, 0.5) is 4.79 Å². The van der Waals surface area contributed by atoms with E-state index in [1.165, 1.54) is 0 Å². The topological polar surface area (TPSA) is 167 Å². The number of fused-ring (bicyclic) bond motifs is 1. The van der Waals surface area contributed by atoms with E-state index in [4.69, 9.17) is 14.3 Å². The molecule has 2 atom stereocenters. The zero-order valence-electron chi connectivity index (χ0n) is 15.5. The van der Waals surface area contributed by atoms with Crippen LogP contribution >= 0.6 is 0 Å². The number of carbonyl (C=O) groups excluding carboxylic acids is 1. The van der Waals surface area contributed by atoms with Crippen LogP contribution in [0.5, 0.6) is 17.2 Å². The lowest BCUT2D eigenvalue weighted by Gasteiger charge is -2.17. The lowest BCUT2D eigenvalue weighted by atomic mass is 10.1. The molecule has 0 radical (unpaired) electrons. The molecule has 0 unspecified atom stereocenters. The van der Waals surface area contributed by atoms with Crippen LogP contribution in [0.15, 0.2) is 51.7 Å². The van der Waals surface area contributed by atoms with Crippen molar-refractivity contribution >= 4 is 23.0 Å². The molecule has 0 aliphatic carbocycles. The highest BCUT2D eigenvalue weighted by molar-refractivity contribution is 5.90. The van der Waals surface area contributed by atoms with Gasteiger partial charge in [-0.2, -0.15) is 0 Å². The maximum atomic E-state index is 12.4. The summed E-state index contributed by atoms with van der Waals surface area (Å²) in [6.45, 7) is 1.15. The third-order valence-electron chi connectivity index (χ3n) is 4.21. The van der Waals surface area contributed by atoms with Gasteiger partial charge in [-0.15, -0.1) is 0 Å². The summed E-state index contributed by atoms with van der Waals surface area (Å²) in [5.41, 5.74) is -0.241. The number of aliphatic hydroxyl groups excluding tert-OH is 1. The molecule has 0 bridgehead atoms. The van der Waals surface area contributed by atoms with Gasteiger partial charge in [0.15, 0.2) is 23.0 Å². The minimum absolute atomic E-state index is 0.175. The predicted octanol–water partition coefficient (Wildman–Crippen LogP) is 1.79. The van der Waals surface area contributed by atoms with Crippen molar-refractivity contribution in [2.24, 2.45) is 0 Å². The lowest BCUT2D eigenvalue weighted by Crippen LogP contribution is -2.48. The van der Waals surface area contributed by atoms with Gasteiger partial charge in [-0.3, -0.25) is 4.79 Å². The molecule has 3 rings (SSSR count). The Morgan fingerprint density at radius 2 is 1.77 bits per heavy atom. The summed E-state index contributed by atoms with van der Waals surface area (Å²) in [7, 11) is 0. The van der Waals surface area contributed by atoms with E-state index in [0.717, 1.165) is 19.1 Å². The van der Waals surface area contributed by atoms with Crippen LogP contribution in [0.25, 0.3) is 22.3 Å². The first-order valence-corrected chi connectivity index (χ1v) is 8.66. The van der Waals surface area contributed by atoms with Gasteiger partial charge in [0, 0.05) is 17.7 Å². The largest absolute Gasteiger partial charge is 0.504 e. The Bertz CT molecular complexity index is 1170. The van der Waals surface area contributed by atoms with Crippen molar-refractivity contribution in [3.05, 3.63) is 52.7 Å². The Labute approximate surface area is 168 Å². The number of hydrogen-bond acceptors (Lipinski definition) is 8. The normalized spacial score (nSPS) is 12.9. The number of carboxylic acids is 1. The van der Waals surface area contributed by atoms with Crippen LogP contribution in [-0.4, -0.2) is 44.6 Å². The lowest BCUT2D eigenvalue weighted by molar-refractivity contribution is -0.141. The predicted molar refractivity (Wildman–Crippen MR) is 104 cm³/mol. The Morgan fingerprint density at radius 3 is 2.37 bits per heavy atom. The fourth-order valence-corrected chi connectivity index (χ4v) is 2.74. The fraction of sp³-hybridized carbons (Fsp3) is 0.150. The summed E-state index contributed by atoms with van der Waals surface area (Å²) in [4.78, 5) is 35.5. The second kappa shape index (κ2) is 8.13. The summed E-state index contributed by atoms with van der Waals surface area (Å²) in [6.07, 6.45) is -2.75. The van der Waals surface area contributed by atoms with Crippen molar-refractivity contribution in [1.82, 2.24) is 5.32 Å². The number of phenols is 2. The molecule has 1 heterocycles. The first-order chi connectivity index (χ1) is 14.2. The highest BCUT2D eigenvalue weighted by Crippen LogP contribution is 2.41. The molecule has 0 fully saturated rings. The summed E-state index contributed by atoms with van der Waals surface area (Å²) >= 11 is 0. The standard InChI is InChI=1S/C20H17NO9/c1-9(22)16(19(26)27)21-20(28)30-14-8-13-15(18(25)17(14)24)11(23)7-12(29-13)10-5-3-2-4-6-10/h2-9,16,22,24-25H,1H3,(H,21,28)(H,26,27)/t9-,16+/m1/s1. The van der Waals surface area contributed by atoms with Crippen molar-refractivity contribution < 1.29 is 39.2 Å². The Morgan fingerprint density at radius 1 is 1.10 bits per heavy atom. The molecule has 30 heavy (non-hydrogen) atoms. The number of aliphatic hydroxyl groups is 1. The van der Waals surface area contributed by atoms with Crippen LogP contribution in [0.1, 0.15) is 6.92 Å². The number of phenolic OH excluding ortho intramolecular Hbond substituents is 2. The zero-order chi connectivity index (χ0) is 22.0. The molecule has 10 nitrogen and oxygen atoms in total. The van der Waals surface area contributed by atoms with Gasteiger partial charge in [0.2, 0.25) is 5.75 Å². The van der Waals surface area contributed by atoms with E-state index in [2.05, 4.69) is 0 Å². The quantitative estimate of drug-likeness (QED) is 0.390. The highest BCUT2D eigenvalue weighted by atomic mass is 16.6. The van der Waals surface area contributed by atoms with Crippen molar-refractivity contribution in [2.75, 3.05) is 0 Å². The average molecular weight is 415 g/mol. The number of carboxylic acid groups (broad SMARTS) is 1. The number of hydrogen-bond donors (Lipinski definition) is 5. The molecular formula is C20H17NO9. The van der Waals surface area contributed by atoms with E-state index < -0.39 is 46.9 Å². The van der Waals surface area contributed by atoms with Gasteiger partial charge in [0.05, 0.1) is 6.10 Å². The first-order valence-electron chi connectivity index (χ1n) is 8.66.